The van der Waals surface area contributed by atoms with Crippen molar-refractivity contribution in [3.63, 3.8) is 0 Å². The molecule has 1 N–H and O–H groups in total. The molecule has 0 bridgehead atoms. The third-order valence-electron chi connectivity index (χ3n) is 2.64. The van der Waals surface area contributed by atoms with E-state index in [-0.39, 0.29) is 18.6 Å². The highest BCUT2D eigenvalue weighted by Crippen LogP contribution is 1.98. The SMILES string of the molecule is CC(C)CCOCCOCCOCCOCC(=O)NC(C)C. The number of hydrogen-bond acceptors (Lipinski definition) is 5. The molecule has 22 heavy (non-hydrogen) atoms. The van der Waals surface area contributed by atoms with Crippen molar-refractivity contribution in [2.45, 2.75) is 40.2 Å². The lowest BCUT2D eigenvalue weighted by Gasteiger charge is -2.09. The molecule has 0 heterocycles. The van der Waals surface area contributed by atoms with E-state index in [1.807, 2.05) is 13.8 Å². The van der Waals surface area contributed by atoms with Crippen LogP contribution in [0.5, 0.6) is 0 Å². The van der Waals surface area contributed by atoms with E-state index in [0.717, 1.165) is 13.0 Å². The minimum Gasteiger partial charge on any atom is -0.379 e. The molecule has 132 valence electrons. The van der Waals surface area contributed by atoms with Gasteiger partial charge in [0.15, 0.2) is 0 Å². The summed E-state index contributed by atoms with van der Waals surface area (Å²) in [6, 6.07) is 0.138. The Labute approximate surface area is 134 Å². The Hall–Kier alpha value is -0.690. The molecule has 0 unspecified atom stereocenters. The number of hydrogen-bond donors (Lipinski definition) is 1. The van der Waals surface area contributed by atoms with Gasteiger partial charge < -0.3 is 24.3 Å². The van der Waals surface area contributed by atoms with Crippen LogP contribution in [-0.4, -0.2) is 64.8 Å². The van der Waals surface area contributed by atoms with E-state index >= 15 is 0 Å². The fraction of sp³-hybridized carbons (Fsp3) is 0.938. The molecular formula is C16H33NO5. The highest BCUT2D eigenvalue weighted by atomic mass is 16.6. The van der Waals surface area contributed by atoms with Gasteiger partial charge in [0.1, 0.15) is 6.61 Å². The van der Waals surface area contributed by atoms with Gasteiger partial charge in [-0.05, 0) is 26.2 Å². The number of rotatable bonds is 15. The smallest absolute Gasteiger partial charge is 0.246 e. The van der Waals surface area contributed by atoms with Gasteiger partial charge in [0.05, 0.1) is 39.6 Å². The van der Waals surface area contributed by atoms with Crippen LogP contribution in [0.15, 0.2) is 0 Å². The van der Waals surface area contributed by atoms with Crippen molar-refractivity contribution in [2.24, 2.45) is 5.92 Å². The summed E-state index contributed by atoms with van der Waals surface area (Å²) in [6.45, 7) is 12.2. The first-order valence-corrected chi connectivity index (χ1v) is 8.12. The first kappa shape index (κ1) is 21.3. The van der Waals surface area contributed by atoms with Crippen molar-refractivity contribution in [3.05, 3.63) is 0 Å². The van der Waals surface area contributed by atoms with Crippen molar-refractivity contribution in [3.8, 4) is 0 Å². The van der Waals surface area contributed by atoms with Gasteiger partial charge in [-0.1, -0.05) is 13.8 Å². The standard InChI is InChI=1S/C16H33NO5/c1-14(2)5-6-19-7-8-20-9-10-21-11-12-22-13-16(18)17-15(3)4/h14-15H,5-13H2,1-4H3,(H,17,18). The number of carbonyl (C=O) groups is 1. The number of nitrogens with one attached hydrogen (secondary N) is 1. The minimum absolute atomic E-state index is 0.0752. The summed E-state index contributed by atoms with van der Waals surface area (Å²) < 4.78 is 21.3. The summed E-state index contributed by atoms with van der Waals surface area (Å²) in [7, 11) is 0. The molecule has 0 aliphatic rings. The number of ether oxygens (including phenoxy) is 4. The van der Waals surface area contributed by atoms with Crippen molar-refractivity contribution in [2.75, 3.05) is 52.9 Å². The normalized spacial score (nSPS) is 11.4. The third-order valence-corrected chi connectivity index (χ3v) is 2.64. The zero-order valence-corrected chi connectivity index (χ0v) is 14.6. The molecule has 0 aliphatic carbocycles. The maximum absolute atomic E-state index is 11.3. The van der Waals surface area contributed by atoms with Crippen LogP contribution in [0.4, 0.5) is 0 Å². The summed E-state index contributed by atoms with van der Waals surface area (Å²) in [5.41, 5.74) is 0. The van der Waals surface area contributed by atoms with Gasteiger partial charge in [-0.3, -0.25) is 4.79 Å². The Morgan fingerprint density at radius 3 is 1.68 bits per heavy atom. The van der Waals surface area contributed by atoms with E-state index in [9.17, 15) is 4.79 Å². The van der Waals surface area contributed by atoms with Crippen LogP contribution in [-0.2, 0) is 23.7 Å². The minimum atomic E-state index is -0.101. The lowest BCUT2D eigenvalue weighted by molar-refractivity contribution is -0.126. The van der Waals surface area contributed by atoms with E-state index in [2.05, 4.69) is 19.2 Å². The van der Waals surface area contributed by atoms with Crippen LogP contribution in [0.1, 0.15) is 34.1 Å². The number of amides is 1. The fourth-order valence-electron chi connectivity index (χ4n) is 1.51. The van der Waals surface area contributed by atoms with Crippen LogP contribution in [0, 0.1) is 5.92 Å². The zero-order chi connectivity index (χ0) is 16.6. The molecule has 0 aromatic carbocycles. The summed E-state index contributed by atoms with van der Waals surface area (Å²) in [6.07, 6.45) is 1.08. The highest BCUT2D eigenvalue weighted by molar-refractivity contribution is 5.77. The Morgan fingerprint density at radius 2 is 1.23 bits per heavy atom. The summed E-state index contributed by atoms with van der Waals surface area (Å²) in [5.74, 6) is 0.573. The van der Waals surface area contributed by atoms with E-state index < -0.39 is 0 Å². The van der Waals surface area contributed by atoms with E-state index in [0.29, 0.717) is 45.6 Å². The maximum Gasteiger partial charge on any atom is 0.246 e. The van der Waals surface area contributed by atoms with Gasteiger partial charge in [-0.25, -0.2) is 0 Å². The molecule has 1 amide bonds. The molecular weight excluding hydrogens is 286 g/mol. The highest BCUT2D eigenvalue weighted by Gasteiger charge is 2.02. The van der Waals surface area contributed by atoms with Gasteiger partial charge in [-0.2, -0.15) is 0 Å². The first-order chi connectivity index (χ1) is 10.5. The number of carbonyl (C=O) groups excluding carboxylic acids is 1. The summed E-state index contributed by atoms with van der Waals surface area (Å²) in [4.78, 5) is 11.3. The molecule has 0 saturated carbocycles. The second-order valence-electron chi connectivity index (χ2n) is 5.79. The first-order valence-electron chi connectivity index (χ1n) is 8.12. The van der Waals surface area contributed by atoms with Crippen molar-refractivity contribution in [1.29, 1.82) is 0 Å². The Kier molecular flexibility index (Phi) is 14.7. The largest absolute Gasteiger partial charge is 0.379 e. The molecule has 0 aromatic rings. The third kappa shape index (κ3) is 17.4. The Bertz CT molecular complexity index is 259. The van der Waals surface area contributed by atoms with E-state index in [1.165, 1.54) is 0 Å². The molecule has 0 aliphatic heterocycles. The van der Waals surface area contributed by atoms with E-state index in [1.54, 1.807) is 0 Å². The second-order valence-corrected chi connectivity index (χ2v) is 5.79. The molecule has 6 heteroatoms. The quantitative estimate of drug-likeness (QED) is 0.465. The van der Waals surface area contributed by atoms with Crippen LogP contribution < -0.4 is 5.32 Å². The van der Waals surface area contributed by atoms with Crippen molar-refractivity contribution >= 4 is 5.91 Å². The Balaban J connectivity index is 3.10. The van der Waals surface area contributed by atoms with E-state index in [4.69, 9.17) is 18.9 Å². The zero-order valence-electron chi connectivity index (χ0n) is 14.6. The molecule has 0 spiro atoms. The lowest BCUT2D eigenvalue weighted by Crippen LogP contribution is -2.33. The monoisotopic (exact) mass is 319 g/mol. The second kappa shape index (κ2) is 15.2. The predicted molar refractivity (Wildman–Crippen MR) is 86.0 cm³/mol. The van der Waals surface area contributed by atoms with Crippen molar-refractivity contribution < 1.29 is 23.7 Å². The molecule has 6 nitrogen and oxygen atoms in total. The van der Waals surface area contributed by atoms with Crippen molar-refractivity contribution in [1.82, 2.24) is 5.32 Å². The Morgan fingerprint density at radius 1 is 0.773 bits per heavy atom. The van der Waals surface area contributed by atoms with Gasteiger partial charge >= 0.3 is 0 Å². The lowest BCUT2D eigenvalue weighted by atomic mass is 10.1. The van der Waals surface area contributed by atoms with Crippen LogP contribution in [0.3, 0.4) is 0 Å². The average Bonchev–Trinajstić information content (AvgIpc) is 2.42. The molecule has 0 atom stereocenters. The van der Waals surface area contributed by atoms with Gasteiger partial charge in [0, 0.05) is 12.6 Å². The summed E-state index contributed by atoms with van der Waals surface area (Å²) in [5, 5.41) is 2.75. The molecule has 0 rings (SSSR count). The van der Waals surface area contributed by atoms with Gasteiger partial charge in [0.2, 0.25) is 5.91 Å². The fourth-order valence-corrected chi connectivity index (χ4v) is 1.51. The molecule has 0 aromatic heterocycles. The van der Waals surface area contributed by atoms with Gasteiger partial charge in [-0.15, -0.1) is 0 Å². The topological polar surface area (TPSA) is 66.0 Å². The predicted octanol–water partition coefficient (Wildman–Crippen LogP) is 1.62. The molecule has 0 fully saturated rings. The van der Waals surface area contributed by atoms with Crippen LogP contribution in [0.2, 0.25) is 0 Å². The van der Waals surface area contributed by atoms with Crippen LogP contribution >= 0.6 is 0 Å². The average molecular weight is 319 g/mol. The maximum atomic E-state index is 11.3. The van der Waals surface area contributed by atoms with Crippen LogP contribution in [0.25, 0.3) is 0 Å². The summed E-state index contributed by atoms with van der Waals surface area (Å²) >= 11 is 0. The molecule has 0 radical (unpaired) electrons. The molecule has 0 saturated heterocycles. The van der Waals surface area contributed by atoms with Gasteiger partial charge in [0.25, 0.3) is 0 Å².